The number of nitrogens with two attached hydrogens (primary N) is 1. The number of hydrogen-bond donors (Lipinski definition) is 2. The fraction of sp³-hybridized carbons (Fsp3) is 0.231. The first-order chi connectivity index (χ1) is 9.06. The van der Waals surface area contributed by atoms with Crippen molar-refractivity contribution in [1.29, 1.82) is 0 Å². The fourth-order valence-corrected chi connectivity index (χ4v) is 2.28. The van der Waals surface area contributed by atoms with E-state index in [1.807, 2.05) is 30.3 Å². The zero-order chi connectivity index (χ0) is 14.0. The number of hydrogen-bond acceptors (Lipinski definition) is 4. The van der Waals surface area contributed by atoms with Gasteiger partial charge in [-0.15, -0.1) is 0 Å². The standard InChI is InChI=1S/C13H15N3O2S/c1-8-10(12(17)18-2)11(15-13(19)16(8)14)9-6-4-3-5-7-9/h3-7,11H,14H2,1-2H3,(H,15,19). The zero-order valence-electron chi connectivity index (χ0n) is 10.7. The lowest BCUT2D eigenvalue weighted by molar-refractivity contribution is -0.136. The summed E-state index contributed by atoms with van der Waals surface area (Å²) in [6, 6.07) is 9.21. The molecule has 0 spiro atoms. The van der Waals surface area contributed by atoms with Crippen molar-refractivity contribution in [1.82, 2.24) is 10.3 Å². The molecule has 1 aromatic carbocycles. The first kappa shape index (κ1) is 13.5. The molecule has 0 saturated carbocycles. The Bertz CT molecular complexity index is 542. The van der Waals surface area contributed by atoms with Crippen molar-refractivity contribution in [3.63, 3.8) is 0 Å². The van der Waals surface area contributed by atoms with Gasteiger partial charge in [-0.2, -0.15) is 0 Å². The number of rotatable bonds is 2. The van der Waals surface area contributed by atoms with Crippen LogP contribution in [0.3, 0.4) is 0 Å². The van der Waals surface area contributed by atoms with Gasteiger partial charge in [0.05, 0.1) is 18.7 Å². The molecule has 0 aromatic heterocycles. The number of nitrogens with zero attached hydrogens (tertiary/aromatic N) is 1. The molecule has 0 amide bonds. The first-order valence-corrected chi connectivity index (χ1v) is 6.16. The molecule has 0 radical (unpaired) electrons. The molecule has 1 unspecified atom stereocenters. The number of hydrazine groups is 1. The van der Waals surface area contributed by atoms with Gasteiger partial charge in [-0.3, -0.25) is 5.01 Å². The molecule has 1 aliphatic rings. The van der Waals surface area contributed by atoms with E-state index in [0.717, 1.165) is 5.56 Å². The van der Waals surface area contributed by atoms with Crippen molar-refractivity contribution >= 4 is 23.3 Å². The summed E-state index contributed by atoms with van der Waals surface area (Å²) in [7, 11) is 1.35. The molecule has 1 atom stereocenters. The van der Waals surface area contributed by atoms with E-state index < -0.39 is 5.97 Å². The third-order valence-electron chi connectivity index (χ3n) is 3.06. The van der Waals surface area contributed by atoms with E-state index in [1.54, 1.807) is 6.92 Å². The summed E-state index contributed by atoms with van der Waals surface area (Å²) in [4.78, 5) is 12.0. The Morgan fingerprint density at radius 3 is 2.63 bits per heavy atom. The minimum absolute atomic E-state index is 0.346. The van der Waals surface area contributed by atoms with Gasteiger partial charge in [0.2, 0.25) is 0 Å². The van der Waals surface area contributed by atoms with Crippen molar-refractivity contribution < 1.29 is 9.53 Å². The van der Waals surface area contributed by atoms with Gasteiger partial charge in [0.1, 0.15) is 0 Å². The van der Waals surface area contributed by atoms with E-state index in [2.05, 4.69) is 5.32 Å². The van der Waals surface area contributed by atoms with Gasteiger partial charge in [0.25, 0.3) is 0 Å². The number of carbonyl (C=O) groups excluding carboxylic acids is 1. The Kier molecular flexibility index (Phi) is 3.82. The molecule has 0 aliphatic carbocycles. The van der Waals surface area contributed by atoms with Crippen LogP contribution in [-0.2, 0) is 9.53 Å². The molecule has 5 nitrogen and oxygen atoms in total. The van der Waals surface area contributed by atoms with Crippen LogP contribution in [0.15, 0.2) is 41.6 Å². The highest BCUT2D eigenvalue weighted by molar-refractivity contribution is 7.80. The van der Waals surface area contributed by atoms with Crippen molar-refractivity contribution in [2.24, 2.45) is 5.84 Å². The van der Waals surface area contributed by atoms with Gasteiger partial charge in [0.15, 0.2) is 5.11 Å². The van der Waals surface area contributed by atoms with Crippen LogP contribution in [0, 0.1) is 0 Å². The minimum Gasteiger partial charge on any atom is -0.466 e. The van der Waals surface area contributed by atoms with Crippen molar-refractivity contribution in [2.75, 3.05) is 7.11 Å². The number of thiocarbonyl (C=S) groups is 1. The highest BCUT2D eigenvalue weighted by Gasteiger charge is 2.33. The summed E-state index contributed by atoms with van der Waals surface area (Å²) < 4.78 is 4.83. The van der Waals surface area contributed by atoms with E-state index in [1.165, 1.54) is 12.1 Å². The predicted octanol–water partition coefficient (Wildman–Crippen LogP) is 1.24. The Labute approximate surface area is 117 Å². The predicted molar refractivity (Wildman–Crippen MR) is 75.7 cm³/mol. The highest BCUT2D eigenvalue weighted by Crippen LogP contribution is 2.29. The van der Waals surface area contributed by atoms with E-state index in [-0.39, 0.29) is 6.04 Å². The average molecular weight is 277 g/mol. The van der Waals surface area contributed by atoms with Crippen LogP contribution in [0.25, 0.3) is 0 Å². The lowest BCUT2D eigenvalue weighted by Gasteiger charge is -2.34. The molecule has 0 bridgehead atoms. The molecule has 19 heavy (non-hydrogen) atoms. The van der Waals surface area contributed by atoms with Crippen LogP contribution < -0.4 is 11.2 Å². The normalized spacial score (nSPS) is 19.2. The smallest absolute Gasteiger partial charge is 0.338 e. The topological polar surface area (TPSA) is 67.6 Å². The monoisotopic (exact) mass is 277 g/mol. The second-order valence-electron chi connectivity index (χ2n) is 4.15. The van der Waals surface area contributed by atoms with E-state index >= 15 is 0 Å². The molecule has 1 aliphatic heterocycles. The van der Waals surface area contributed by atoms with Crippen molar-refractivity contribution in [3.05, 3.63) is 47.2 Å². The number of benzene rings is 1. The Hall–Kier alpha value is -1.92. The van der Waals surface area contributed by atoms with Crippen LogP contribution in [0.2, 0.25) is 0 Å². The quantitative estimate of drug-likeness (QED) is 0.481. The van der Waals surface area contributed by atoms with Crippen molar-refractivity contribution in [3.8, 4) is 0 Å². The van der Waals surface area contributed by atoms with Gasteiger partial charge in [-0.25, -0.2) is 10.6 Å². The summed E-state index contributed by atoms with van der Waals surface area (Å²) in [6.45, 7) is 1.75. The van der Waals surface area contributed by atoms with Gasteiger partial charge in [0, 0.05) is 5.70 Å². The summed E-state index contributed by atoms with van der Waals surface area (Å²) in [5, 5.41) is 4.70. The van der Waals surface area contributed by atoms with E-state index in [4.69, 9.17) is 22.8 Å². The third-order valence-corrected chi connectivity index (χ3v) is 3.38. The van der Waals surface area contributed by atoms with Gasteiger partial charge < -0.3 is 10.1 Å². The number of esters is 1. The molecule has 3 N–H and O–H groups in total. The maximum absolute atomic E-state index is 12.0. The SMILES string of the molecule is COC(=O)C1=C(C)N(N)C(=S)NC1c1ccccc1. The van der Waals surface area contributed by atoms with Crippen LogP contribution in [0.1, 0.15) is 18.5 Å². The molecular weight excluding hydrogens is 262 g/mol. The summed E-state index contributed by atoms with van der Waals surface area (Å²) in [5.41, 5.74) is 1.98. The van der Waals surface area contributed by atoms with Crippen molar-refractivity contribution in [2.45, 2.75) is 13.0 Å². The Balaban J connectivity index is 2.52. The third kappa shape index (κ3) is 2.45. The number of carbonyl (C=O) groups is 1. The van der Waals surface area contributed by atoms with Gasteiger partial charge >= 0.3 is 5.97 Å². The average Bonchev–Trinajstić information content (AvgIpc) is 2.44. The Morgan fingerprint density at radius 1 is 1.42 bits per heavy atom. The summed E-state index contributed by atoms with van der Waals surface area (Å²) >= 11 is 5.16. The number of nitrogens with one attached hydrogen (secondary N) is 1. The van der Waals surface area contributed by atoms with E-state index in [9.17, 15) is 4.79 Å². The van der Waals surface area contributed by atoms with Gasteiger partial charge in [-0.1, -0.05) is 30.3 Å². The maximum atomic E-state index is 12.0. The van der Waals surface area contributed by atoms with Crippen LogP contribution in [-0.4, -0.2) is 23.2 Å². The molecule has 100 valence electrons. The maximum Gasteiger partial charge on any atom is 0.338 e. The molecule has 6 heteroatoms. The first-order valence-electron chi connectivity index (χ1n) is 5.75. The minimum atomic E-state index is -0.420. The van der Waals surface area contributed by atoms with Gasteiger partial charge in [-0.05, 0) is 24.7 Å². The molecule has 2 rings (SSSR count). The molecule has 1 aromatic rings. The second-order valence-corrected chi connectivity index (χ2v) is 4.54. The lowest BCUT2D eigenvalue weighted by Crippen LogP contribution is -2.50. The lowest BCUT2D eigenvalue weighted by atomic mass is 9.95. The highest BCUT2D eigenvalue weighted by atomic mass is 32.1. The molecule has 0 saturated heterocycles. The van der Waals surface area contributed by atoms with Crippen LogP contribution in [0.4, 0.5) is 0 Å². The molecule has 1 heterocycles. The van der Waals surface area contributed by atoms with Crippen LogP contribution >= 0.6 is 12.2 Å². The number of ether oxygens (including phenoxy) is 1. The summed E-state index contributed by atoms with van der Waals surface area (Å²) in [6.07, 6.45) is 0. The van der Waals surface area contributed by atoms with E-state index in [0.29, 0.717) is 16.4 Å². The molecular formula is C13H15N3O2S. The molecule has 0 fully saturated rings. The Morgan fingerprint density at radius 2 is 2.05 bits per heavy atom. The van der Waals surface area contributed by atoms with Crippen LogP contribution in [0.5, 0.6) is 0 Å². The summed E-state index contributed by atoms with van der Waals surface area (Å²) in [5.74, 6) is 5.39. The second kappa shape index (κ2) is 5.38. The zero-order valence-corrected chi connectivity index (χ0v) is 11.5. The number of allylic oxidation sites excluding steroid dienone is 1. The fourth-order valence-electron chi connectivity index (χ4n) is 2.03. The number of methoxy groups -OCH3 is 1. The largest absolute Gasteiger partial charge is 0.466 e.